The average molecular weight is 318 g/mol. The summed E-state index contributed by atoms with van der Waals surface area (Å²) in [5.74, 6) is 0.984. The number of amides is 2. The quantitative estimate of drug-likeness (QED) is 0.886. The molecule has 2 amide bonds. The number of hydrogen-bond donors (Lipinski definition) is 1. The molecule has 3 nitrogen and oxygen atoms in total. The number of thioether (sulfide) groups is 1. The summed E-state index contributed by atoms with van der Waals surface area (Å²) in [4.78, 5) is 14.2. The minimum Gasteiger partial charge on any atom is -0.324 e. The molecule has 3 rings (SSSR count). The third-order valence-corrected chi connectivity index (χ3v) is 5.67. The lowest BCUT2D eigenvalue weighted by Crippen LogP contribution is -2.36. The maximum atomic E-state index is 12.3. The first kappa shape index (κ1) is 14.5. The highest BCUT2D eigenvalue weighted by Crippen LogP contribution is 2.34. The fraction of sp³-hybridized carbons (Fsp3) is 0.312. The van der Waals surface area contributed by atoms with Crippen LogP contribution in [-0.4, -0.2) is 29.8 Å². The average Bonchev–Trinajstić information content (AvgIpc) is 2.89. The highest BCUT2D eigenvalue weighted by atomic mass is 32.2. The van der Waals surface area contributed by atoms with Gasteiger partial charge in [0.2, 0.25) is 0 Å². The van der Waals surface area contributed by atoms with Gasteiger partial charge in [-0.15, -0.1) is 11.3 Å². The molecule has 0 unspecified atom stereocenters. The van der Waals surface area contributed by atoms with Crippen molar-refractivity contribution in [2.24, 2.45) is 0 Å². The molecule has 0 saturated carbocycles. The van der Waals surface area contributed by atoms with E-state index in [9.17, 15) is 4.79 Å². The van der Waals surface area contributed by atoms with Crippen molar-refractivity contribution in [2.45, 2.75) is 11.7 Å². The van der Waals surface area contributed by atoms with Gasteiger partial charge in [0.05, 0.1) is 5.00 Å². The van der Waals surface area contributed by atoms with E-state index in [0.717, 1.165) is 30.3 Å². The van der Waals surface area contributed by atoms with Gasteiger partial charge in [-0.3, -0.25) is 5.32 Å². The summed E-state index contributed by atoms with van der Waals surface area (Å²) < 4.78 is 0. The van der Waals surface area contributed by atoms with Gasteiger partial charge in [-0.1, -0.05) is 30.3 Å². The number of nitrogens with zero attached hydrogens (tertiary/aromatic N) is 1. The molecule has 1 fully saturated rings. The fourth-order valence-electron chi connectivity index (χ4n) is 2.44. The third kappa shape index (κ3) is 3.80. The lowest BCUT2D eigenvalue weighted by molar-refractivity contribution is 0.215. The van der Waals surface area contributed by atoms with E-state index in [-0.39, 0.29) is 6.03 Å². The molecule has 0 spiro atoms. The van der Waals surface area contributed by atoms with Crippen molar-refractivity contribution >= 4 is 34.1 Å². The topological polar surface area (TPSA) is 32.3 Å². The molecule has 2 heterocycles. The van der Waals surface area contributed by atoms with Crippen LogP contribution >= 0.6 is 23.1 Å². The smallest absolute Gasteiger partial charge is 0.322 e. The molecule has 1 atom stereocenters. The molecular formula is C16H18N2OS2. The molecule has 5 heteroatoms. The number of carbonyl (C=O) groups is 1. The van der Waals surface area contributed by atoms with Crippen molar-refractivity contribution in [3.05, 3.63) is 53.4 Å². The Morgan fingerprint density at radius 2 is 2.00 bits per heavy atom. The molecule has 2 aromatic rings. The largest absolute Gasteiger partial charge is 0.324 e. The van der Waals surface area contributed by atoms with Crippen LogP contribution in [0.2, 0.25) is 0 Å². The maximum absolute atomic E-state index is 12.3. The third-order valence-electron chi connectivity index (χ3n) is 3.55. The Morgan fingerprint density at radius 1 is 1.14 bits per heavy atom. The monoisotopic (exact) mass is 318 g/mol. The standard InChI is InChI=1S/C16H18N2OS2/c19-16(17-15-7-4-11-21-15)18-9-8-14(20-12-10-18)13-5-2-1-3-6-13/h1-7,11,14H,8-10,12H2,(H,17,19)/t14-/m0/s1. The van der Waals surface area contributed by atoms with Crippen molar-refractivity contribution in [1.82, 2.24) is 4.90 Å². The van der Waals surface area contributed by atoms with E-state index in [1.165, 1.54) is 5.56 Å². The zero-order chi connectivity index (χ0) is 14.5. The van der Waals surface area contributed by atoms with Crippen molar-refractivity contribution in [3.8, 4) is 0 Å². The number of urea groups is 1. The number of benzene rings is 1. The predicted molar refractivity (Wildman–Crippen MR) is 91.2 cm³/mol. The molecule has 0 radical (unpaired) electrons. The summed E-state index contributed by atoms with van der Waals surface area (Å²) in [5, 5.41) is 6.35. The van der Waals surface area contributed by atoms with Crippen LogP contribution in [0.3, 0.4) is 0 Å². The Kier molecular flexibility index (Phi) is 4.83. The van der Waals surface area contributed by atoms with Gasteiger partial charge in [-0.05, 0) is 29.5 Å². The zero-order valence-electron chi connectivity index (χ0n) is 11.7. The Morgan fingerprint density at radius 3 is 2.76 bits per heavy atom. The first-order chi connectivity index (χ1) is 10.3. The summed E-state index contributed by atoms with van der Waals surface area (Å²) in [7, 11) is 0. The highest BCUT2D eigenvalue weighted by Gasteiger charge is 2.22. The van der Waals surface area contributed by atoms with Crippen LogP contribution in [0.15, 0.2) is 47.8 Å². The van der Waals surface area contributed by atoms with Gasteiger partial charge < -0.3 is 4.90 Å². The van der Waals surface area contributed by atoms with E-state index in [1.807, 2.05) is 40.2 Å². The first-order valence-electron chi connectivity index (χ1n) is 7.09. The van der Waals surface area contributed by atoms with E-state index in [0.29, 0.717) is 5.25 Å². The minimum atomic E-state index is 0.0201. The lowest BCUT2D eigenvalue weighted by Gasteiger charge is -2.20. The molecule has 1 aromatic carbocycles. The first-order valence-corrected chi connectivity index (χ1v) is 9.02. The van der Waals surface area contributed by atoms with E-state index >= 15 is 0 Å². The number of hydrogen-bond acceptors (Lipinski definition) is 3. The number of rotatable bonds is 2. The van der Waals surface area contributed by atoms with Crippen LogP contribution < -0.4 is 5.32 Å². The van der Waals surface area contributed by atoms with Gasteiger partial charge in [0.15, 0.2) is 0 Å². The van der Waals surface area contributed by atoms with E-state index in [2.05, 4.69) is 29.6 Å². The minimum absolute atomic E-state index is 0.0201. The molecule has 1 aliphatic rings. The molecule has 1 N–H and O–H groups in total. The molecule has 1 aliphatic heterocycles. The summed E-state index contributed by atoms with van der Waals surface area (Å²) in [5.41, 5.74) is 1.36. The van der Waals surface area contributed by atoms with Crippen LogP contribution in [0.1, 0.15) is 17.2 Å². The van der Waals surface area contributed by atoms with Crippen LogP contribution in [0.5, 0.6) is 0 Å². The Bertz CT molecular complexity index is 571. The molecule has 1 saturated heterocycles. The number of nitrogens with one attached hydrogen (secondary N) is 1. The summed E-state index contributed by atoms with van der Waals surface area (Å²) >= 11 is 3.50. The SMILES string of the molecule is O=C(Nc1cccs1)N1CCS[C@H](c2ccccc2)CC1. The van der Waals surface area contributed by atoms with Crippen molar-refractivity contribution in [3.63, 3.8) is 0 Å². The van der Waals surface area contributed by atoms with Gasteiger partial charge in [-0.2, -0.15) is 11.8 Å². The van der Waals surface area contributed by atoms with Crippen LogP contribution in [0.4, 0.5) is 9.80 Å². The van der Waals surface area contributed by atoms with Gasteiger partial charge in [0, 0.05) is 24.1 Å². The van der Waals surface area contributed by atoms with Gasteiger partial charge in [-0.25, -0.2) is 4.79 Å². The van der Waals surface area contributed by atoms with E-state index in [4.69, 9.17) is 0 Å². The molecule has 0 aliphatic carbocycles. The number of anilines is 1. The Hall–Kier alpha value is -1.46. The fourth-order valence-corrected chi connectivity index (χ4v) is 4.28. The lowest BCUT2D eigenvalue weighted by atomic mass is 10.1. The molecular weight excluding hydrogens is 300 g/mol. The Labute approximate surface area is 133 Å². The second kappa shape index (κ2) is 7.00. The van der Waals surface area contributed by atoms with Gasteiger partial charge >= 0.3 is 6.03 Å². The molecule has 21 heavy (non-hydrogen) atoms. The van der Waals surface area contributed by atoms with Gasteiger partial charge in [0.1, 0.15) is 0 Å². The van der Waals surface area contributed by atoms with Crippen LogP contribution in [0.25, 0.3) is 0 Å². The Balaban J connectivity index is 1.59. The van der Waals surface area contributed by atoms with Crippen molar-refractivity contribution < 1.29 is 4.79 Å². The second-order valence-corrected chi connectivity index (χ2v) is 7.21. The number of thiophene rings is 1. The second-order valence-electron chi connectivity index (χ2n) is 4.95. The van der Waals surface area contributed by atoms with Crippen molar-refractivity contribution in [1.29, 1.82) is 0 Å². The number of carbonyl (C=O) groups excluding carboxylic acids is 1. The molecule has 110 valence electrons. The zero-order valence-corrected chi connectivity index (χ0v) is 13.3. The summed E-state index contributed by atoms with van der Waals surface area (Å²) in [6, 6.07) is 14.5. The molecule has 0 bridgehead atoms. The maximum Gasteiger partial charge on any atom is 0.322 e. The highest BCUT2D eigenvalue weighted by molar-refractivity contribution is 7.99. The van der Waals surface area contributed by atoms with Crippen LogP contribution in [0, 0.1) is 0 Å². The van der Waals surface area contributed by atoms with Crippen molar-refractivity contribution in [2.75, 3.05) is 24.2 Å². The molecule has 1 aromatic heterocycles. The normalized spacial score (nSPS) is 19.0. The van der Waals surface area contributed by atoms with E-state index < -0.39 is 0 Å². The predicted octanol–water partition coefficient (Wildman–Crippen LogP) is 4.46. The van der Waals surface area contributed by atoms with Gasteiger partial charge in [0.25, 0.3) is 0 Å². The van der Waals surface area contributed by atoms with E-state index in [1.54, 1.807) is 11.3 Å². The summed E-state index contributed by atoms with van der Waals surface area (Å²) in [6.45, 7) is 1.62. The van der Waals surface area contributed by atoms with Crippen LogP contribution in [-0.2, 0) is 0 Å². The summed E-state index contributed by atoms with van der Waals surface area (Å²) in [6.07, 6.45) is 1.01.